The van der Waals surface area contributed by atoms with Crippen molar-refractivity contribution in [2.75, 3.05) is 26.7 Å². The highest BCUT2D eigenvalue weighted by Crippen LogP contribution is 2.12. The van der Waals surface area contributed by atoms with E-state index in [1.165, 1.54) is 48.6 Å². The molecule has 0 radical (unpaired) electrons. The van der Waals surface area contributed by atoms with Crippen molar-refractivity contribution in [2.45, 2.75) is 217 Å². The summed E-state index contributed by atoms with van der Waals surface area (Å²) >= 11 is 0. The summed E-state index contributed by atoms with van der Waals surface area (Å²) in [5.74, 6) is -28.7. The average Bonchev–Trinajstić information content (AvgIpc) is 0.824. The zero-order chi connectivity index (χ0) is 81.2. The van der Waals surface area contributed by atoms with Crippen LogP contribution in [0.3, 0.4) is 0 Å². The van der Waals surface area contributed by atoms with Crippen molar-refractivity contribution in [1.29, 1.82) is 0 Å². The molecule has 0 saturated heterocycles. The van der Waals surface area contributed by atoms with E-state index in [4.69, 9.17) is 57.3 Å². The maximum absolute atomic E-state index is 15.0. The highest BCUT2D eigenvalue weighted by atomic mass is 16.2. The van der Waals surface area contributed by atoms with Gasteiger partial charge < -0.3 is 121 Å². The van der Waals surface area contributed by atoms with Gasteiger partial charge in [-0.25, -0.2) is 0 Å². The van der Waals surface area contributed by atoms with Gasteiger partial charge in [0, 0.05) is 26.2 Å². The predicted molar refractivity (Wildman–Crippen MR) is 369 cm³/mol. The molecule has 33 N–H and O–H groups in total. The maximum atomic E-state index is 15.0. The fourth-order valence-electron chi connectivity index (χ4n) is 9.11. The first kappa shape index (κ1) is 95.2. The summed E-state index contributed by atoms with van der Waals surface area (Å²) in [6.45, 7) is 9.75. The first-order chi connectivity index (χ1) is 48.7. The van der Waals surface area contributed by atoms with Gasteiger partial charge in [-0.05, 0) is 85.2 Å². The van der Waals surface area contributed by atoms with Gasteiger partial charge in [-0.3, -0.25) is 107 Å². The second-order valence-electron chi connectivity index (χ2n) is 25.3. The summed E-state index contributed by atoms with van der Waals surface area (Å²) in [6, 6.07) is -30.3. The Hall–Kier alpha value is -9.77. The Balaban J connectivity index is 8.51. The van der Waals surface area contributed by atoms with Crippen LogP contribution >= 0.6 is 0 Å². The second-order valence-corrected chi connectivity index (χ2v) is 25.3. The van der Waals surface area contributed by atoms with E-state index in [9.17, 15) is 101 Å². The first-order valence-electron chi connectivity index (χ1n) is 33.1. The Kier molecular flexibility index (Phi) is 42.5. The quantitative estimate of drug-likeness (QED) is 0.0116. The van der Waals surface area contributed by atoms with Crippen LogP contribution in [0.4, 0.5) is 0 Å². The lowest BCUT2D eigenvalue weighted by molar-refractivity contribution is -0.144. The molecule has 0 heterocycles. The minimum absolute atomic E-state index is 0.0632. The lowest BCUT2D eigenvalue weighted by Crippen LogP contribution is -2.68. The Morgan fingerprint density at radius 2 is 0.810 bits per heavy atom. The molecule has 8 unspecified atom stereocenters. The molecule has 105 heavy (non-hydrogen) atoms. The Labute approximate surface area is 604 Å². The van der Waals surface area contributed by atoms with Crippen molar-refractivity contribution in [2.24, 2.45) is 69.2 Å². The van der Waals surface area contributed by atoms with Gasteiger partial charge in [-0.15, -0.1) is 0 Å². The van der Waals surface area contributed by atoms with E-state index in [-0.39, 0.29) is 25.3 Å². The Morgan fingerprint density at radius 1 is 0.419 bits per heavy atom. The minimum Gasteiger partial charge on any atom is -0.370 e. The van der Waals surface area contributed by atoms with Crippen LogP contribution in [0.2, 0.25) is 0 Å². The van der Waals surface area contributed by atoms with E-state index in [2.05, 4.69) is 37.2 Å². The molecule has 44 heteroatoms. The van der Waals surface area contributed by atoms with Gasteiger partial charge in [0.2, 0.25) is 29.5 Å². The van der Waals surface area contributed by atoms with Crippen molar-refractivity contribution >= 4 is 123 Å². The van der Waals surface area contributed by atoms with Crippen molar-refractivity contribution < 1.29 is 101 Å². The van der Waals surface area contributed by atoms with Crippen LogP contribution in [0.1, 0.15) is 114 Å². The van der Waals surface area contributed by atoms with Gasteiger partial charge in [0.1, 0.15) is 24.7 Å². The molecular weight excluding hydrogens is 1390 g/mol. The number of Topliss-reactive ketones (excluding diaryl/α,β-unsaturated/α-hetero) is 8. The summed E-state index contributed by atoms with van der Waals surface area (Å²) < 4.78 is 0. The standard InChI is InChI=1S/C61H105N23O21/c1-23(2)18-30(22-85)77-51(60(105)78-34(19-35(88)26(6)72-10)53(98)75-27(7)52(97)74-25(5)28(8)86)84-59(104)45(49(95)33(66)14-16-39(68)92)82-56(101)43(47(93)31(64)12-11-17-73-61(70)71)81-55(100)42(37(90)21-63)79-58(103)46(50(96)40(69)24(3)4)83-57(102)44(48(94)32(65)13-15-38(67)91)80-54(99)41(36(89)20-62)76-29(9)87/h22-27,30-34,40-46,51,61,72-73,77H,11-21,62-66,69-71H2,1-10H3,(H2,67,91)(H2,68,92)(H,74,97)(H,75,98)(H,76,87)(H,78,105)(H,79,103)(H,80,99)(H,81,100)(H,82,101)(H,83,102)(H,84,104)/t25-,26-,27-,30-,31-,32-,33-,34?,40-,41?,42?,43?,44?,45?,46?,51?/m0/s1. The van der Waals surface area contributed by atoms with E-state index in [1.807, 2.05) is 31.9 Å². The normalized spacial score (nSPS) is 15.8. The lowest BCUT2D eigenvalue weighted by Gasteiger charge is -2.30. The predicted octanol–water partition coefficient (Wildman–Crippen LogP) is -14.4. The van der Waals surface area contributed by atoms with Gasteiger partial charge in [-0.2, -0.15) is 0 Å². The van der Waals surface area contributed by atoms with Crippen LogP contribution in [0.15, 0.2) is 0 Å². The third-order valence-electron chi connectivity index (χ3n) is 15.7. The number of rotatable bonds is 53. The Bertz CT molecular complexity index is 3190. The second kappa shape index (κ2) is 46.8. The van der Waals surface area contributed by atoms with Crippen LogP contribution in [-0.4, -0.2) is 253 Å². The number of carbonyl (C=O) groups is 21. The third-order valence-corrected chi connectivity index (χ3v) is 15.7. The fraction of sp³-hybridized carbons (Fsp3) is 0.656. The molecule has 12 amide bonds. The van der Waals surface area contributed by atoms with E-state index >= 15 is 0 Å². The molecule has 44 nitrogen and oxygen atoms in total. The number of likely N-dealkylation sites (N-methyl/N-ethyl adjacent to an activating group) is 1. The van der Waals surface area contributed by atoms with E-state index in [0.29, 0.717) is 6.29 Å². The summed E-state index contributed by atoms with van der Waals surface area (Å²) in [6.07, 6.45) is -7.12. The highest BCUT2D eigenvalue weighted by molar-refractivity contribution is 6.20. The summed E-state index contributed by atoms with van der Waals surface area (Å²) in [4.78, 5) is 286. The largest absolute Gasteiger partial charge is 0.370 e. The van der Waals surface area contributed by atoms with Crippen LogP contribution in [0.25, 0.3) is 0 Å². The molecule has 0 saturated carbocycles. The molecular formula is C61H105N23O21. The van der Waals surface area contributed by atoms with Crippen LogP contribution in [0.5, 0.6) is 0 Å². The van der Waals surface area contributed by atoms with Gasteiger partial charge in [-0.1, -0.05) is 27.7 Å². The number of nitrogens with one attached hydrogen (secondary N) is 13. The van der Waals surface area contributed by atoms with Crippen molar-refractivity contribution in [3.05, 3.63) is 0 Å². The van der Waals surface area contributed by atoms with E-state index in [0.717, 1.165) is 6.92 Å². The van der Waals surface area contributed by atoms with Gasteiger partial charge in [0.25, 0.3) is 41.4 Å². The molecule has 0 aromatic heterocycles. The molecule has 0 aliphatic carbocycles. The molecule has 0 aliphatic rings. The molecule has 0 fully saturated rings. The van der Waals surface area contributed by atoms with Gasteiger partial charge in [0.15, 0.2) is 88.7 Å². The van der Waals surface area contributed by atoms with Gasteiger partial charge in [0.05, 0.1) is 55.4 Å². The molecule has 590 valence electrons. The molecule has 0 aliphatic heterocycles. The number of ketones is 8. The summed E-state index contributed by atoms with van der Waals surface area (Å²) in [5.41, 5.74) is 57.3. The van der Waals surface area contributed by atoms with Crippen LogP contribution in [-0.2, 0) is 101 Å². The number of carbonyl (C=O) groups excluding carboxylic acids is 21. The number of hydrogen-bond acceptors (Lipinski definition) is 32. The molecule has 0 aromatic carbocycles. The number of aldehydes is 1. The summed E-state index contributed by atoms with van der Waals surface area (Å²) in [7, 11) is 1.38. The van der Waals surface area contributed by atoms with E-state index in [1.54, 1.807) is 13.8 Å². The van der Waals surface area contributed by atoms with Crippen LogP contribution in [0, 0.1) is 11.8 Å². The highest BCUT2D eigenvalue weighted by Gasteiger charge is 2.45. The fourth-order valence-corrected chi connectivity index (χ4v) is 9.11. The monoisotopic (exact) mass is 1500 g/mol. The zero-order valence-electron chi connectivity index (χ0n) is 60.2. The third kappa shape index (κ3) is 33.3. The Morgan fingerprint density at radius 3 is 1.18 bits per heavy atom. The minimum atomic E-state index is -2.84. The lowest BCUT2D eigenvalue weighted by atomic mass is 9.94. The molecule has 16 atom stereocenters. The molecule has 0 bridgehead atoms. The molecule has 0 rings (SSSR count). The number of amides is 12. The summed E-state index contributed by atoms with van der Waals surface area (Å²) in [5, 5.41) is 28.1. The number of primary amides is 2. The van der Waals surface area contributed by atoms with Crippen LogP contribution < -0.4 is 126 Å². The van der Waals surface area contributed by atoms with Crippen molar-refractivity contribution in [3.8, 4) is 0 Å². The first-order valence-corrected chi connectivity index (χ1v) is 33.1. The number of nitrogens with two attached hydrogens (primary N) is 10. The van der Waals surface area contributed by atoms with Crippen molar-refractivity contribution in [1.82, 2.24) is 69.1 Å². The number of hydrogen-bond donors (Lipinski definition) is 23. The maximum Gasteiger partial charge on any atom is 0.258 e. The van der Waals surface area contributed by atoms with Crippen molar-refractivity contribution in [3.63, 3.8) is 0 Å². The molecule has 0 aromatic rings. The average molecular weight is 1500 g/mol. The van der Waals surface area contributed by atoms with Gasteiger partial charge >= 0.3 is 0 Å². The molecule has 0 spiro atoms. The van der Waals surface area contributed by atoms with E-state index < -0.39 is 278 Å². The SMILES string of the molecule is CN[C@@H](C)C(=O)CC(NC(=O)C(NC(=O)C(NC(=O)C(NC(=O)C(NC(=O)C(NC(=O)C(NC(=O)C(NC(C)=O)C(=O)CN)C(=O)[C@@H](N)CCC(N)=O)C(=O)[C@@H](N)C(C)C)C(=O)CN)C(=O)[C@@H](N)CCCNC(N)N)C(=O)[C@@H](N)CCC(N)=O)N[C@H](C=O)CC(C)C)C(=O)N[C@@H](C)C(=O)N[C@@H](C)C(C)=O. The smallest absolute Gasteiger partial charge is 0.258 e. The topological polar surface area (TPSA) is 775 Å². The zero-order valence-corrected chi connectivity index (χ0v) is 60.2.